The van der Waals surface area contributed by atoms with E-state index in [9.17, 15) is 57.4 Å². The number of carboxylic acids is 2. The molecule has 4 aromatic carbocycles. The smallest absolute Gasteiger partial charge is 0.339 e. The number of methoxy groups -OCH3 is 1. The predicted octanol–water partition coefficient (Wildman–Crippen LogP) is 6.45. The molecule has 22 heteroatoms. The molecule has 77 heavy (non-hydrogen) atoms. The molecule has 0 aliphatic carbocycles. The van der Waals surface area contributed by atoms with Crippen LogP contribution in [0.4, 0.5) is 8.78 Å². The third-order valence-corrected chi connectivity index (χ3v) is 12.4. The third kappa shape index (κ3) is 17.7. The van der Waals surface area contributed by atoms with E-state index in [0.717, 1.165) is 12.1 Å². The number of aliphatic carboxylic acids is 1. The van der Waals surface area contributed by atoms with Crippen molar-refractivity contribution >= 4 is 69.8 Å². The van der Waals surface area contributed by atoms with Crippen LogP contribution in [0.25, 0.3) is 22.0 Å². The number of halogens is 3. The third-order valence-electron chi connectivity index (χ3n) is 12.2. The zero-order valence-electron chi connectivity index (χ0n) is 43.2. The van der Waals surface area contributed by atoms with Crippen molar-refractivity contribution < 1.29 is 76.3 Å². The fourth-order valence-electron chi connectivity index (χ4n) is 7.85. The van der Waals surface area contributed by atoms with Crippen molar-refractivity contribution in [3.8, 4) is 22.6 Å². The summed E-state index contributed by atoms with van der Waals surface area (Å²) in [6, 6.07) is 15.3. The van der Waals surface area contributed by atoms with E-state index in [4.69, 9.17) is 30.5 Å². The number of nitrogens with zero attached hydrogens (tertiary/aromatic N) is 1. The van der Waals surface area contributed by atoms with Crippen molar-refractivity contribution in [3.63, 3.8) is 0 Å². The van der Waals surface area contributed by atoms with E-state index in [0.29, 0.717) is 51.0 Å². The van der Waals surface area contributed by atoms with Gasteiger partial charge in [0.15, 0.2) is 12.4 Å². The van der Waals surface area contributed by atoms with Gasteiger partial charge in [0.05, 0.1) is 38.9 Å². The number of fused-ring (bicyclic) bond motifs is 1. The number of ether oxygens (including phenoxy) is 4. The lowest BCUT2D eigenvalue weighted by atomic mass is 9.91. The first-order valence-electron chi connectivity index (χ1n) is 24.6. The first-order chi connectivity index (χ1) is 36.6. The lowest BCUT2D eigenvalue weighted by Gasteiger charge is -2.20. The number of carbonyl (C=O) groups excluding carboxylic acids is 6. The van der Waals surface area contributed by atoms with Crippen molar-refractivity contribution in [1.82, 2.24) is 25.8 Å². The number of aromatic carboxylic acids is 1. The molecule has 0 saturated carbocycles. The molecule has 5 aromatic rings. The zero-order chi connectivity index (χ0) is 56.4. The summed E-state index contributed by atoms with van der Waals surface area (Å²) < 4.78 is 51.1. The van der Waals surface area contributed by atoms with Gasteiger partial charge in [0.2, 0.25) is 17.7 Å². The number of hydrogen-bond acceptors (Lipinski definition) is 12. The number of unbranched alkanes of at least 4 members (excludes halogenated alkanes) is 1. The molecule has 0 fully saturated rings. The largest absolute Gasteiger partial charge is 0.497 e. The van der Waals surface area contributed by atoms with Crippen LogP contribution in [0.2, 0.25) is 5.02 Å². The maximum absolute atomic E-state index is 14.4. The first kappa shape index (κ1) is 60.1. The van der Waals surface area contributed by atoms with Crippen LogP contribution in [0.3, 0.4) is 0 Å². The van der Waals surface area contributed by atoms with Crippen LogP contribution in [0.5, 0.6) is 11.5 Å². The standard InChI is InChI=1S/C55H62ClF2N5O14/c1-32-39(40-28-37(74-5)15-18-45(40)63(32)52(69)33-9-12-35(56)13-10-33)29-49(66)62-44(54(72)73)17-20-48(65)61-43(51(68)60-22-23-75-24-25-76-30-47(64)55(2,3)4)8-6-7-21-59-50(67)31-77-46-19-11-34(26-41(46)53(70)71)38-16-14-36(57)27-42(38)58/h9-16,18-19,26-28,43-44H,6-8,17,20-25,29-31H2,1-5H3,(H,59,67)(H,60,68)(H,61,65)(H,62,66)(H,70,71)(H,72,73). The van der Waals surface area contributed by atoms with E-state index in [1.165, 1.54) is 29.9 Å². The van der Waals surface area contributed by atoms with Crippen molar-refractivity contribution in [2.24, 2.45) is 5.41 Å². The second-order valence-corrected chi connectivity index (χ2v) is 19.2. The van der Waals surface area contributed by atoms with E-state index in [1.54, 1.807) is 70.2 Å². The number of Topliss-reactive ketones (excluding diaryl/α,β-unsaturated/α-hetero) is 1. The van der Waals surface area contributed by atoms with Gasteiger partial charge in [0, 0.05) is 58.2 Å². The Balaban J connectivity index is 1.16. The normalized spacial score (nSPS) is 12.1. The molecule has 1 heterocycles. The lowest BCUT2D eigenvalue weighted by Crippen LogP contribution is -2.48. The molecular weight excluding hydrogens is 1030 g/mol. The van der Waals surface area contributed by atoms with Crippen LogP contribution in [0.1, 0.15) is 84.8 Å². The Bertz CT molecular complexity index is 2960. The van der Waals surface area contributed by atoms with Gasteiger partial charge in [-0.2, -0.15) is 0 Å². The summed E-state index contributed by atoms with van der Waals surface area (Å²) in [7, 11) is 1.47. The van der Waals surface area contributed by atoms with Gasteiger partial charge < -0.3 is 50.4 Å². The number of aromatic nitrogens is 1. The van der Waals surface area contributed by atoms with E-state index in [2.05, 4.69) is 21.3 Å². The van der Waals surface area contributed by atoms with Crippen LogP contribution >= 0.6 is 11.6 Å². The van der Waals surface area contributed by atoms with Crippen molar-refractivity contribution in [3.05, 3.63) is 118 Å². The second kappa shape index (κ2) is 28.4. The topological polar surface area (TPSA) is 267 Å². The van der Waals surface area contributed by atoms with Crippen molar-refractivity contribution in [2.45, 2.75) is 78.3 Å². The minimum absolute atomic E-state index is 0.0327. The van der Waals surface area contributed by atoms with Gasteiger partial charge in [-0.05, 0) is 110 Å². The maximum Gasteiger partial charge on any atom is 0.339 e. The summed E-state index contributed by atoms with van der Waals surface area (Å²) in [4.78, 5) is 103. The van der Waals surface area contributed by atoms with Crippen LogP contribution in [-0.4, -0.2) is 127 Å². The fourth-order valence-corrected chi connectivity index (χ4v) is 7.98. The summed E-state index contributed by atoms with van der Waals surface area (Å²) in [5.41, 5.74) is 0.874. The first-order valence-corrected chi connectivity index (χ1v) is 24.9. The van der Waals surface area contributed by atoms with E-state index in [1.807, 2.05) is 0 Å². The Morgan fingerprint density at radius 2 is 1.45 bits per heavy atom. The highest BCUT2D eigenvalue weighted by molar-refractivity contribution is 6.30. The molecule has 0 radical (unpaired) electrons. The van der Waals surface area contributed by atoms with Crippen LogP contribution in [-0.2, 0) is 44.7 Å². The summed E-state index contributed by atoms with van der Waals surface area (Å²) in [6.45, 7) is 6.80. The molecule has 4 amide bonds. The average Bonchev–Trinajstić information content (AvgIpc) is 3.70. The summed E-state index contributed by atoms with van der Waals surface area (Å²) in [6.07, 6.45) is -0.456. The average molecular weight is 1090 g/mol. The highest BCUT2D eigenvalue weighted by Crippen LogP contribution is 2.32. The van der Waals surface area contributed by atoms with E-state index >= 15 is 0 Å². The molecule has 0 aliphatic heterocycles. The van der Waals surface area contributed by atoms with Gasteiger partial charge in [0.25, 0.3) is 11.8 Å². The SMILES string of the molecule is COc1ccc2c(c1)c(CC(=O)NC(CCC(=O)NC(CCCCNC(=O)COc1ccc(-c3ccc(F)cc3F)cc1C(=O)O)C(=O)NCCOCCOCC(=O)C(C)(C)C)C(=O)O)c(C)n2C(=O)c1ccc(Cl)cc1. The number of amides is 4. The number of benzene rings is 4. The Kier molecular flexibility index (Phi) is 22.2. The number of rotatable bonds is 29. The number of nitrogens with one attached hydrogen (secondary N) is 4. The molecule has 6 N–H and O–H groups in total. The maximum atomic E-state index is 14.4. The molecule has 5 rings (SSSR count). The molecule has 2 atom stereocenters. The van der Waals surface area contributed by atoms with Gasteiger partial charge in [0.1, 0.15) is 47.4 Å². The minimum Gasteiger partial charge on any atom is -0.497 e. The number of carboxylic acid groups (broad SMARTS) is 2. The van der Waals surface area contributed by atoms with Crippen LogP contribution in [0.15, 0.2) is 78.9 Å². The summed E-state index contributed by atoms with van der Waals surface area (Å²) in [5.74, 6) is -7.32. The molecule has 19 nitrogen and oxygen atoms in total. The second-order valence-electron chi connectivity index (χ2n) is 18.8. The summed E-state index contributed by atoms with van der Waals surface area (Å²) >= 11 is 6.05. The lowest BCUT2D eigenvalue weighted by molar-refractivity contribution is -0.142. The number of carbonyl (C=O) groups is 8. The Morgan fingerprint density at radius 3 is 2.13 bits per heavy atom. The van der Waals surface area contributed by atoms with Crippen molar-refractivity contribution in [1.29, 1.82) is 0 Å². The highest BCUT2D eigenvalue weighted by atomic mass is 35.5. The van der Waals surface area contributed by atoms with E-state index in [-0.39, 0.29) is 99.3 Å². The number of hydrogen-bond donors (Lipinski definition) is 6. The summed E-state index contributed by atoms with van der Waals surface area (Å²) in [5, 5.41) is 31.3. The molecule has 0 bridgehead atoms. The monoisotopic (exact) mass is 1090 g/mol. The molecule has 2 unspecified atom stereocenters. The molecule has 1 aromatic heterocycles. The van der Waals surface area contributed by atoms with Gasteiger partial charge in [-0.25, -0.2) is 18.4 Å². The highest BCUT2D eigenvalue weighted by Gasteiger charge is 2.27. The molecule has 0 aliphatic rings. The molecular formula is C55H62ClF2N5O14. The van der Waals surface area contributed by atoms with Gasteiger partial charge in [-0.3, -0.25) is 33.3 Å². The molecule has 0 spiro atoms. The van der Waals surface area contributed by atoms with Gasteiger partial charge in [-0.15, -0.1) is 0 Å². The van der Waals surface area contributed by atoms with Gasteiger partial charge >= 0.3 is 11.9 Å². The fraction of sp³-hybridized carbons (Fsp3) is 0.382. The van der Waals surface area contributed by atoms with E-state index < -0.39 is 77.7 Å². The minimum atomic E-state index is -1.53. The Labute approximate surface area is 447 Å². The Morgan fingerprint density at radius 1 is 0.740 bits per heavy atom. The number of ketones is 1. The molecule has 0 saturated heterocycles. The van der Waals surface area contributed by atoms with Crippen LogP contribution in [0, 0.1) is 24.0 Å². The Hall–Kier alpha value is -7.75. The molecule has 412 valence electrons. The zero-order valence-corrected chi connectivity index (χ0v) is 44.0. The van der Waals surface area contributed by atoms with Crippen LogP contribution < -0.4 is 30.7 Å². The predicted molar refractivity (Wildman–Crippen MR) is 279 cm³/mol. The quantitative estimate of drug-likeness (QED) is 0.0281. The van der Waals surface area contributed by atoms with Crippen molar-refractivity contribution in [2.75, 3.05) is 53.2 Å². The van der Waals surface area contributed by atoms with Gasteiger partial charge in [-0.1, -0.05) is 38.4 Å².